The molecule has 12 heteroatoms. The van der Waals surface area contributed by atoms with Gasteiger partial charge in [0.05, 0.1) is 35.1 Å². The van der Waals surface area contributed by atoms with Crippen LogP contribution in [0, 0.1) is 22.5 Å². The summed E-state index contributed by atoms with van der Waals surface area (Å²) in [4.78, 5) is 38.0. The van der Waals surface area contributed by atoms with Crippen LogP contribution in [-0.2, 0) is 19.9 Å². The van der Waals surface area contributed by atoms with Crippen LogP contribution in [0.15, 0.2) is 78.2 Å². The number of nitrogens with two attached hydrogens (primary N) is 1. The molecular formula is C36H37ClF2N6O3. The smallest absolute Gasteiger partial charge is 0.306 e. The second-order valence-electron chi connectivity index (χ2n) is 14.2. The third kappa shape index (κ3) is 6.82. The Morgan fingerprint density at radius 1 is 1.10 bits per heavy atom. The molecule has 9 nitrogen and oxygen atoms in total. The number of carbonyl (C=O) groups is 2. The molecule has 4 aromatic rings. The van der Waals surface area contributed by atoms with E-state index in [-0.39, 0.29) is 36.4 Å². The van der Waals surface area contributed by atoms with Crippen molar-refractivity contribution in [3.63, 3.8) is 0 Å². The molecule has 2 N–H and O–H groups in total. The zero-order valence-corrected chi connectivity index (χ0v) is 28.0. The van der Waals surface area contributed by atoms with E-state index in [4.69, 9.17) is 22.1 Å². The van der Waals surface area contributed by atoms with Crippen LogP contribution in [-0.4, -0.2) is 44.1 Å². The fraction of sp³-hybridized carbons (Fsp3) is 0.361. The van der Waals surface area contributed by atoms with Crippen molar-refractivity contribution in [3.8, 4) is 16.9 Å². The maximum absolute atomic E-state index is 14.7. The summed E-state index contributed by atoms with van der Waals surface area (Å²) in [5.74, 6) is -2.86. The number of hydrogen-bond acceptors (Lipinski definition) is 7. The lowest BCUT2D eigenvalue weighted by molar-refractivity contribution is -0.148. The van der Waals surface area contributed by atoms with Gasteiger partial charge in [-0.05, 0) is 77.6 Å². The van der Waals surface area contributed by atoms with E-state index in [1.165, 1.54) is 4.90 Å². The fourth-order valence-corrected chi connectivity index (χ4v) is 6.39. The topological polar surface area (TPSA) is 116 Å². The minimum absolute atomic E-state index is 0.0400. The lowest BCUT2D eigenvalue weighted by atomic mass is 9.75. The average molecular weight is 675 g/mol. The third-order valence-corrected chi connectivity index (χ3v) is 9.10. The molecule has 1 amide bonds. The average Bonchev–Trinajstić information content (AvgIpc) is 3.43. The van der Waals surface area contributed by atoms with E-state index in [9.17, 15) is 18.4 Å². The van der Waals surface area contributed by atoms with Crippen molar-refractivity contribution in [2.75, 3.05) is 6.61 Å². The summed E-state index contributed by atoms with van der Waals surface area (Å²) < 4.78 is 36.6. The number of aromatic nitrogens is 3. The van der Waals surface area contributed by atoms with Crippen LogP contribution >= 0.6 is 11.6 Å². The molecule has 1 aliphatic carbocycles. The van der Waals surface area contributed by atoms with Crippen LogP contribution in [0.3, 0.4) is 0 Å². The van der Waals surface area contributed by atoms with Crippen molar-refractivity contribution >= 4 is 29.4 Å². The molecule has 2 aromatic heterocycles. The highest BCUT2D eigenvalue weighted by atomic mass is 35.5. The van der Waals surface area contributed by atoms with Crippen LogP contribution < -0.4 is 5.73 Å². The Hall–Kier alpha value is -4.64. The summed E-state index contributed by atoms with van der Waals surface area (Å²) in [7, 11) is 0. The predicted molar refractivity (Wildman–Crippen MR) is 178 cm³/mol. The van der Waals surface area contributed by atoms with E-state index in [0.717, 1.165) is 42.3 Å². The standard InChI is InChI=1S/C36H37ClF2N6O3/c1-34(2,3)21-36(24-14-25(38)16-26(39)15-24)32(47)45(33(40)43-36)30(20-48-31(46)17-35(4)10-11-35)22-8-9-27(37)29(13-22)44-19-23(18-42-44)28-7-5-6-12-41-28/h5-9,12-16,18-19,30H,10-11,17,20-21H2,1-4H3,(H2,40,43)/t30-,36-/m1/s1. The van der Waals surface area contributed by atoms with Gasteiger partial charge < -0.3 is 10.5 Å². The highest BCUT2D eigenvalue weighted by Gasteiger charge is 2.53. The van der Waals surface area contributed by atoms with Gasteiger partial charge in [-0.25, -0.2) is 18.5 Å². The summed E-state index contributed by atoms with van der Waals surface area (Å²) in [5.41, 5.74) is 6.75. The maximum atomic E-state index is 14.7. The van der Waals surface area contributed by atoms with E-state index in [2.05, 4.69) is 15.1 Å². The Bertz CT molecular complexity index is 1880. The Morgan fingerprint density at radius 2 is 1.83 bits per heavy atom. The molecular weight excluding hydrogens is 638 g/mol. The van der Waals surface area contributed by atoms with E-state index in [1.807, 2.05) is 45.9 Å². The molecule has 0 spiro atoms. The van der Waals surface area contributed by atoms with Gasteiger partial charge in [0.2, 0.25) is 0 Å². The molecule has 2 atom stereocenters. The second kappa shape index (κ2) is 12.4. The number of ether oxygens (including phenoxy) is 1. The largest absolute Gasteiger partial charge is 0.463 e. The van der Waals surface area contributed by atoms with Gasteiger partial charge in [0.15, 0.2) is 11.5 Å². The Morgan fingerprint density at radius 3 is 2.48 bits per heavy atom. The molecule has 2 aliphatic rings. The van der Waals surface area contributed by atoms with Gasteiger partial charge in [0.25, 0.3) is 5.91 Å². The Labute approximate surface area is 282 Å². The second-order valence-corrected chi connectivity index (χ2v) is 14.6. The van der Waals surface area contributed by atoms with E-state index in [1.54, 1.807) is 41.5 Å². The zero-order valence-electron chi connectivity index (χ0n) is 27.2. The van der Waals surface area contributed by atoms with E-state index in [0.29, 0.717) is 16.3 Å². The highest BCUT2D eigenvalue weighted by molar-refractivity contribution is 6.32. The number of halogens is 3. The number of benzene rings is 2. The minimum atomic E-state index is -1.73. The maximum Gasteiger partial charge on any atom is 0.306 e. The summed E-state index contributed by atoms with van der Waals surface area (Å²) in [5, 5.41) is 4.87. The zero-order chi connectivity index (χ0) is 34.4. The molecule has 3 heterocycles. The lowest BCUT2D eigenvalue weighted by Gasteiger charge is -2.35. The number of carbonyl (C=O) groups excluding carboxylic acids is 2. The lowest BCUT2D eigenvalue weighted by Crippen LogP contribution is -2.47. The SMILES string of the molecule is CC(C)(C)C[C@]1(c2cc(F)cc(F)c2)N=C(N)N([C@H](COC(=O)CC2(C)CC2)c2ccc(Cl)c(-n3cc(-c4ccccn4)cn3)c2)C1=O. The van der Waals surface area contributed by atoms with Gasteiger partial charge >= 0.3 is 5.97 Å². The first-order chi connectivity index (χ1) is 22.7. The number of amides is 1. The fourth-order valence-electron chi connectivity index (χ4n) is 6.18. The van der Waals surface area contributed by atoms with Crippen molar-refractivity contribution in [2.45, 2.75) is 65.0 Å². The highest BCUT2D eigenvalue weighted by Crippen LogP contribution is 2.49. The molecule has 48 heavy (non-hydrogen) atoms. The molecule has 0 radical (unpaired) electrons. The van der Waals surface area contributed by atoms with Crippen molar-refractivity contribution in [1.82, 2.24) is 19.7 Å². The quantitative estimate of drug-likeness (QED) is 0.179. The number of nitrogens with zero attached hydrogens (tertiary/aromatic N) is 5. The number of pyridine rings is 1. The number of hydrogen-bond donors (Lipinski definition) is 1. The van der Waals surface area contributed by atoms with Gasteiger partial charge in [0.1, 0.15) is 18.2 Å². The van der Waals surface area contributed by atoms with Crippen molar-refractivity contribution < 1.29 is 23.1 Å². The molecule has 1 fully saturated rings. The Kier molecular flexibility index (Phi) is 8.61. The van der Waals surface area contributed by atoms with Crippen LogP contribution in [0.1, 0.15) is 70.5 Å². The van der Waals surface area contributed by atoms with E-state index >= 15 is 0 Å². The first-order valence-corrected chi connectivity index (χ1v) is 16.1. The monoisotopic (exact) mass is 674 g/mol. The summed E-state index contributed by atoms with van der Waals surface area (Å²) in [6, 6.07) is 12.7. The van der Waals surface area contributed by atoms with Gasteiger partial charge in [-0.3, -0.25) is 19.5 Å². The van der Waals surface area contributed by atoms with Gasteiger partial charge in [-0.15, -0.1) is 0 Å². The summed E-state index contributed by atoms with van der Waals surface area (Å²) in [6.07, 6.45) is 7.33. The normalized spacial score (nSPS) is 19.3. The van der Waals surface area contributed by atoms with Crippen LogP contribution in [0.25, 0.3) is 16.9 Å². The molecule has 0 bridgehead atoms. The molecule has 0 unspecified atom stereocenters. The minimum Gasteiger partial charge on any atom is -0.463 e. The first-order valence-electron chi connectivity index (χ1n) is 15.7. The number of esters is 1. The van der Waals surface area contributed by atoms with Gasteiger partial charge in [0, 0.05) is 24.0 Å². The molecule has 2 aromatic carbocycles. The molecule has 0 saturated heterocycles. The molecule has 1 aliphatic heterocycles. The first kappa shape index (κ1) is 33.3. The van der Waals surface area contributed by atoms with E-state index < -0.39 is 40.5 Å². The van der Waals surface area contributed by atoms with Crippen LogP contribution in [0.4, 0.5) is 8.78 Å². The number of guanidine groups is 1. The van der Waals surface area contributed by atoms with Crippen molar-refractivity contribution in [2.24, 2.45) is 21.6 Å². The van der Waals surface area contributed by atoms with Crippen LogP contribution in [0.2, 0.25) is 5.02 Å². The molecule has 1 saturated carbocycles. The van der Waals surface area contributed by atoms with Gasteiger partial charge in [-0.1, -0.05) is 51.4 Å². The number of aliphatic imine (C=N–C) groups is 1. The predicted octanol–water partition coefficient (Wildman–Crippen LogP) is 7.13. The number of rotatable bonds is 10. The van der Waals surface area contributed by atoms with Crippen molar-refractivity contribution in [3.05, 3.63) is 101 Å². The Balaban J connectivity index is 1.42. The molecule has 250 valence electrons. The van der Waals surface area contributed by atoms with Crippen LogP contribution in [0.5, 0.6) is 0 Å². The summed E-state index contributed by atoms with van der Waals surface area (Å²) in [6.45, 7) is 7.48. The third-order valence-electron chi connectivity index (χ3n) is 8.78. The van der Waals surface area contributed by atoms with Gasteiger partial charge in [-0.2, -0.15) is 5.10 Å². The van der Waals surface area contributed by atoms with Crippen molar-refractivity contribution in [1.29, 1.82) is 0 Å². The molecule has 6 rings (SSSR count). The summed E-state index contributed by atoms with van der Waals surface area (Å²) >= 11 is 6.68.